The molecule has 5 rings (SSSR count). The van der Waals surface area contributed by atoms with E-state index in [4.69, 9.17) is 16.6 Å². The maximum absolute atomic E-state index is 12.7. The number of amides is 1. The maximum atomic E-state index is 12.7. The fourth-order valence-corrected chi connectivity index (χ4v) is 3.76. The lowest BCUT2D eigenvalue weighted by atomic mass is 10.0. The second-order valence-electron chi connectivity index (χ2n) is 7.73. The van der Waals surface area contributed by atoms with Crippen LogP contribution in [-0.4, -0.2) is 21.0 Å². The van der Waals surface area contributed by atoms with E-state index in [9.17, 15) is 4.79 Å². The van der Waals surface area contributed by atoms with Crippen LogP contribution in [-0.2, 0) is 0 Å². The third-order valence-electron chi connectivity index (χ3n) is 5.38. The van der Waals surface area contributed by atoms with Gasteiger partial charge in [0, 0.05) is 23.0 Å². The van der Waals surface area contributed by atoms with Gasteiger partial charge in [-0.2, -0.15) is 4.98 Å². The third kappa shape index (κ3) is 4.55. The van der Waals surface area contributed by atoms with Crippen LogP contribution in [0.4, 0.5) is 5.69 Å². The van der Waals surface area contributed by atoms with Crippen LogP contribution < -0.4 is 10.6 Å². The van der Waals surface area contributed by atoms with Crippen molar-refractivity contribution in [2.45, 2.75) is 6.92 Å². The van der Waals surface area contributed by atoms with E-state index >= 15 is 0 Å². The van der Waals surface area contributed by atoms with Crippen molar-refractivity contribution in [3.8, 4) is 22.6 Å². The Hall–Kier alpha value is -4.36. The van der Waals surface area contributed by atoms with Crippen LogP contribution in [0.15, 0.2) is 95.5 Å². The zero-order valence-corrected chi connectivity index (χ0v) is 19.1. The first-order chi connectivity index (χ1) is 16.6. The van der Waals surface area contributed by atoms with E-state index in [-0.39, 0.29) is 11.0 Å². The molecule has 0 bridgehead atoms. The molecule has 1 amide bonds. The van der Waals surface area contributed by atoms with Gasteiger partial charge in [-0.15, -0.1) is 0 Å². The second-order valence-corrected chi connectivity index (χ2v) is 8.13. The molecule has 6 nitrogen and oxygen atoms in total. The Morgan fingerprint density at radius 3 is 2.38 bits per heavy atom. The van der Waals surface area contributed by atoms with Gasteiger partial charge in [0.05, 0.1) is 0 Å². The topological polar surface area (TPSA) is 80.1 Å². The number of rotatable bonds is 4. The van der Waals surface area contributed by atoms with Gasteiger partial charge >= 0.3 is 0 Å². The predicted octanol–water partition coefficient (Wildman–Crippen LogP) is 5.99. The molecule has 2 N–H and O–H groups in total. The average Bonchev–Trinajstić information content (AvgIpc) is 3.30. The standard InChI is InChI=1S/C27H20N4O2S/c1-17-9-10-21(26-30-24-23(33-26)8-5-15-28-24)16-22(17)29-27(34)31-25(32)20-13-11-19(12-14-20)18-6-3-2-4-7-18/h2-16H,1H3,(H2,29,31,32,34). The zero-order chi connectivity index (χ0) is 23.5. The molecule has 7 heteroatoms. The summed E-state index contributed by atoms with van der Waals surface area (Å²) < 4.78 is 5.81. The van der Waals surface area contributed by atoms with Crippen LogP contribution in [0.1, 0.15) is 15.9 Å². The summed E-state index contributed by atoms with van der Waals surface area (Å²) in [5, 5.41) is 6.06. The number of carbonyl (C=O) groups excluding carboxylic acids is 1. The lowest BCUT2D eigenvalue weighted by Gasteiger charge is -2.13. The van der Waals surface area contributed by atoms with Crippen LogP contribution in [0, 0.1) is 6.92 Å². The van der Waals surface area contributed by atoms with Crippen molar-refractivity contribution < 1.29 is 9.21 Å². The first-order valence-corrected chi connectivity index (χ1v) is 11.1. The molecule has 0 unspecified atom stereocenters. The van der Waals surface area contributed by atoms with Crippen LogP contribution in [0.25, 0.3) is 33.8 Å². The number of pyridine rings is 1. The Morgan fingerprint density at radius 2 is 1.62 bits per heavy atom. The number of carbonyl (C=O) groups is 1. The molecule has 0 spiro atoms. The summed E-state index contributed by atoms with van der Waals surface area (Å²) >= 11 is 5.39. The number of hydrogen-bond donors (Lipinski definition) is 2. The predicted molar refractivity (Wildman–Crippen MR) is 138 cm³/mol. The van der Waals surface area contributed by atoms with Crippen LogP contribution in [0.2, 0.25) is 0 Å². The summed E-state index contributed by atoms with van der Waals surface area (Å²) in [6.45, 7) is 1.95. The minimum absolute atomic E-state index is 0.205. The van der Waals surface area contributed by atoms with Crippen molar-refractivity contribution in [1.82, 2.24) is 15.3 Å². The Bertz CT molecular complexity index is 1460. The normalized spacial score (nSPS) is 10.7. The monoisotopic (exact) mass is 464 g/mol. The maximum Gasteiger partial charge on any atom is 0.257 e. The minimum atomic E-state index is -0.282. The van der Waals surface area contributed by atoms with Gasteiger partial charge in [-0.05, 0) is 72.2 Å². The van der Waals surface area contributed by atoms with Gasteiger partial charge in [0.2, 0.25) is 5.89 Å². The summed E-state index contributed by atoms with van der Waals surface area (Å²) in [6.07, 6.45) is 1.67. The van der Waals surface area contributed by atoms with E-state index in [0.717, 1.165) is 27.9 Å². The van der Waals surface area contributed by atoms with Gasteiger partial charge in [0.15, 0.2) is 16.3 Å². The highest BCUT2D eigenvalue weighted by Gasteiger charge is 2.13. The molecule has 0 saturated heterocycles. The number of fused-ring (bicyclic) bond motifs is 1. The molecule has 2 aromatic heterocycles. The number of thiocarbonyl (C=S) groups is 1. The van der Waals surface area contributed by atoms with Crippen LogP contribution in [0.3, 0.4) is 0 Å². The van der Waals surface area contributed by atoms with E-state index < -0.39 is 0 Å². The summed E-state index contributed by atoms with van der Waals surface area (Å²) in [7, 11) is 0. The molecule has 0 aliphatic rings. The fourth-order valence-electron chi connectivity index (χ4n) is 3.56. The Morgan fingerprint density at radius 1 is 0.882 bits per heavy atom. The van der Waals surface area contributed by atoms with E-state index in [0.29, 0.717) is 22.7 Å². The van der Waals surface area contributed by atoms with Gasteiger partial charge in [0.25, 0.3) is 5.91 Å². The van der Waals surface area contributed by atoms with Crippen molar-refractivity contribution in [1.29, 1.82) is 0 Å². The minimum Gasteiger partial charge on any atom is -0.434 e. The highest BCUT2D eigenvalue weighted by molar-refractivity contribution is 7.80. The summed E-state index contributed by atoms with van der Waals surface area (Å²) in [5.74, 6) is 0.182. The number of aryl methyl sites for hydroxylation is 1. The Kier molecular flexibility index (Phi) is 5.84. The highest BCUT2D eigenvalue weighted by Crippen LogP contribution is 2.27. The van der Waals surface area contributed by atoms with Crippen molar-refractivity contribution in [3.05, 3.63) is 102 Å². The van der Waals surface area contributed by atoms with Gasteiger partial charge in [0.1, 0.15) is 0 Å². The van der Waals surface area contributed by atoms with Crippen molar-refractivity contribution in [2.75, 3.05) is 5.32 Å². The number of aromatic nitrogens is 2. The van der Waals surface area contributed by atoms with Crippen molar-refractivity contribution in [2.24, 2.45) is 0 Å². The number of nitrogens with one attached hydrogen (secondary N) is 2. The number of nitrogens with zero attached hydrogens (tertiary/aromatic N) is 2. The number of anilines is 1. The lowest BCUT2D eigenvalue weighted by molar-refractivity contribution is 0.0977. The number of benzene rings is 3. The molecule has 0 saturated carbocycles. The first kappa shape index (κ1) is 21.5. The molecule has 3 aromatic carbocycles. The van der Waals surface area contributed by atoms with Gasteiger partial charge in [-0.3, -0.25) is 10.1 Å². The molecule has 0 fully saturated rings. The number of oxazole rings is 1. The summed E-state index contributed by atoms with van der Waals surface area (Å²) in [4.78, 5) is 21.3. The first-order valence-electron chi connectivity index (χ1n) is 10.7. The van der Waals surface area contributed by atoms with E-state index in [1.165, 1.54) is 0 Å². The lowest BCUT2D eigenvalue weighted by Crippen LogP contribution is -2.34. The fraction of sp³-hybridized carbons (Fsp3) is 0.0370. The Balaban J connectivity index is 1.28. The van der Waals surface area contributed by atoms with Crippen LogP contribution >= 0.6 is 12.2 Å². The summed E-state index contributed by atoms with van der Waals surface area (Å²) in [5.41, 5.74) is 6.31. The molecule has 34 heavy (non-hydrogen) atoms. The zero-order valence-electron chi connectivity index (χ0n) is 18.3. The quantitative estimate of drug-likeness (QED) is 0.318. The van der Waals surface area contributed by atoms with E-state index in [1.807, 2.05) is 73.7 Å². The van der Waals surface area contributed by atoms with Crippen LogP contribution in [0.5, 0.6) is 0 Å². The average molecular weight is 465 g/mol. The van der Waals surface area contributed by atoms with Crippen molar-refractivity contribution in [3.63, 3.8) is 0 Å². The van der Waals surface area contributed by atoms with Crippen molar-refractivity contribution >= 4 is 40.2 Å². The molecule has 0 atom stereocenters. The van der Waals surface area contributed by atoms with Gasteiger partial charge < -0.3 is 9.73 Å². The molecular formula is C27H20N4O2S. The van der Waals surface area contributed by atoms with Gasteiger partial charge in [-0.25, -0.2) is 4.98 Å². The van der Waals surface area contributed by atoms with Gasteiger partial charge in [-0.1, -0.05) is 48.5 Å². The smallest absolute Gasteiger partial charge is 0.257 e. The molecule has 0 aliphatic carbocycles. The van der Waals surface area contributed by atoms with E-state index in [2.05, 4.69) is 20.6 Å². The Labute approximate surface area is 201 Å². The largest absolute Gasteiger partial charge is 0.434 e. The molecule has 0 radical (unpaired) electrons. The molecule has 2 heterocycles. The summed E-state index contributed by atoms with van der Waals surface area (Å²) in [6, 6.07) is 26.8. The molecular weight excluding hydrogens is 444 g/mol. The SMILES string of the molecule is Cc1ccc(-c2nc3ncccc3o2)cc1NC(=S)NC(=O)c1ccc(-c2ccccc2)cc1. The molecule has 0 aliphatic heterocycles. The number of hydrogen-bond acceptors (Lipinski definition) is 5. The highest BCUT2D eigenvalue weighted by atomic mass is 32.1. The van der Waals surface area contributed by atoms with E-state index in [1.54, 1.807) is 24.4 Å². The molecule has 166 valence electrons. The second kappa shape index (κ2) is 9.25. The third-order valence-corrected chi connectivity index (χ3v) is 5.58. The molecule has 5 aromatic rings.